The zero-order chi connectivity index (χ0) is 10.2. The number of rotatable bonds is 1. The quantitative estimate of drug-likeness (QED) is 0.580. The SMILES string of the molecule is C#CC(C)(O)C(C)(O)C(C)(C)C. The Balaban J connectivity index is 5.02. The normalized spacial score (nSPS) is 22.2. The van der Waals surface area contributed by atoms with Crippen LogP contribution in [-0.4, -0.2) is 21.4 Å². The van der Waals surface area contributed by atoms with E-state index in [9.17, 15) is 10.2 Å². The third-order valence-corrected chi connectivity index (χ3v) is 2.69. The Morgan fingerprint density at radius 1 is 1.00 bits per heavy atom. The summed E-state index contributed by atoms with van der Waals surface area (Å²) < 4.78 is 0. The van der Waals surface area contributed by atoms with E-state index < -0.39 is 16.6 Å². The second-order valence-electron chi connectivity index (χ2n) is 4.54. The van der Waals surface area contributed by atoms with Crippen LogP contribution in [0.3, 0.4) is 0 Å². The number of hydrogen-bond acceptors (Lipinski definition) is 2. The molecular weight excluding hydrogens is 152 g/mol. The first-order valence-electron chi connectivity index (χ1n) is 3.99. The van der Waals surface area contributed by atoms with Gasteiger partial charge in [-0.1, -0.05) is 26.7 Å². The Labute approximate surface area is 74.6 Å². The molecule has 0 aliphatic heterocycles. The third kappa shape index (κ3) is 1.63. The summed E-state index contributed by atoms with van der Waals surface area (Å²) in [6.07, 6.45) is 5.13. The third-order valence-electron chi connectivity index (χ3n) is 2.69. The topological polar surface area (TPSA) is 40.5 Å². The van der Waals surface area contributed by atoms with Crippen molar-refractivity contribution in [3.8, 4) is 12.3 Å². The fourth-order valence-corrected chi connectivity index (χ4v) is 0.871. The van der Waals surface area contributed by atoms with Gasteiger partial charge in [0, 0.05) is 0 Å². The summed E-state index contributed by atoms with van der Waals surface area (Å²) in [6, 6.07) is 0. The van der Waals surface area contributed by atoms with E-state index in [2.05, 4.69) is 5.92 Å². The van der Waals surface area contributed by atoms with Crippen LogP contribution in [0.4, 0.5) is 0 Å². The van der Waals surface area contributed by atoms with Crippen LogP contribution in [-0.2, 0) is 0 Å². The van der Waals surface area contributed by atoms with Gasteiger partial charge < -0.3 is 10.2 Å². The molecule has 0 bridgehead atoms. The van der Waals surface area contributed by atoms with E-state index in [4.69, 9.17) is 6.42 Å². The zero-order valence-electron chi connectivity index (χ0n) is 8.47. The molecule has 0 aromatic rings. The fourth-order valence-electron chi connectivity index (χ4n) is 0.871. The Kier molecular flexibility index (Phi) is 2.64. The van der Waals surface area contributed by atoms with Crippen molar-refractivity contribution >= 4 is 0 Å². The molecule has 70 valence electrons. The van der Waals surface area contributed by atoms with Gasteiger partial charge in [0.05, 0.1) is 0 Å². The first-order valence-corrected chi connectivity index (χ1v) is 3.99. The van der Waals surface area contributed by atoms with Gasteiger partial charge in [-0.15, -0.1) is 6.42 Å². The molecule has 0 spiro atoms. The molecule has 2 unspecified atom stereocenters. The lowest BCUT2D eigenvalue weighted by Gasteiger charge is -2.44. The molecule has 0 fully saturated rings. The van der Waals surface area contributed by atoms with Crippen LogP contribution < -0.4 is 0 Å². The molecule has 0 radical (unpaired) electrons. The summed E-state index contributed by atoms with van der Waals surface area (Å²) in [6.45, 7) is 8.49. The van der Waals surface area contributed by atoms with Crippen molar-refractivity contribution in [2.75, 3.05) is 0 Å². The fraction of sp³-hybridized carbons (Fsp3) is 0.800. The van der Waals surface area contributed by atoms with Crippen LogP contribution >= 0.6 is 0 Å². The van der Waals surface area contributed by atoms with Crippen LogP contribution in [0.15, 0.2) is 0 Å². The smallest absolute Gasteiger partial charge is 0.151 e. The van der Waals surface area contributed by atoms with E-state index in [0.29, 0.717) is 0 Å². The van der Waals surface area contributed by atoms with E-state index in [-0.39, 0.29) is 0 Å². The number of aliphatic hydroxyl groups is 2. The van der Waals surface area contributed by atoms with Crippen molar-refractivity contribution in [2.45, 2.75) is 45.8 Å². The van der Waals surface area contributed by atoms with Gasteiger partial charge in [0.2, 0.25) is 0 Å². The Bertz CT molecular complexity index is 201. The van der Waals surface area contributed by atoms with E-state index in [0.717, 1.165) is 0 Å². The molecule has 0 aromatic carbocycles. The molecule has 12 heavy (non-hydrogen) atoms. The second-order valence-corrected chi connectivity index (χ2v) is 4.54. The monoisotopic (exact) mass is 170 g/mol. The van der Waals surface area contributed by atoms with Gasteiger partial charge >= 0.3 is 0 Å². The van der Waals surface area contributed by atoms with E-state index >= 15 is 0 Å². The minimum absolute atomic E-state index is 0.455. The summed E-state index contributed by atoms with van der Waals surface area (Å²) in [5.41, 5.74) is -3.25. The lowest BCUT2D eigenvalue weighted by atomic mass is 9.68. The van der Waals surface area contributed by atoms with Gasteiger partial charge in [-0.3, -0.25) is 0 Å². The van der Waals surface area contributed by atoms with Crippen molar-refractivity contribution in [1.82, 2.24) is 0 Å². The molecule has 0 amide bonds. The maximum Gasteiger partial charge on any atom is 0.151 e. The lowest BCUT2D eigenvalue weighted by Crippen LogP contribution is -2.57. The van der Waals surface area contributed by atoms with Gasteiger partial charge in [0.25, 0.3) is 0 Å². The summed E-state index contributed by atoms with van der Waals surface area (Å²) in [5, 5.41) is 19.7. The first-order chi connectivity index (χ1) is 5.06. The molecule has 0 heterocycles. The largest absolute Gasteiger partial charge is 0.386 e. The van der Waals surface area contributed by atoms with Gasteiger partial charge in [-0.05, 0) is 19.3 Å². The molecule has 2 heteroatoms. The highest BCUT2D eigenvalue weighted by atomic mass is 16.4. The van der Waals surface area contributed by atoms with Crippen LogP contribution in [0, 0.1) is 17.8 Å². The number of terminal acetylenes is 1. The maximum atomic E-state index is 9.99. The van der Waals surface area contributed by atoms with E-state index in [1.807, 2.05) is 20.8 Å². The van der Waals surface area contributed by atoms with Crippen LogP contribution in [0.25, 0.3) is 0 Å². The van der Waals surface area contributed by atoms with Gasteiger partial charge in [-0.2, -0.15) is 0 Å². The van der Waals surface area contributed by atoms with Crippen molar-refractivity contribution in [3.63, 3.8) is 0 Å². The summed E-state index contributed by atoms with van der Waals surface area (Å²) in [7, 11) is 0. The predicted molar refractivity (Wildman–Crippen MR) is 49.5 cm³/mol. The predicted octanol–water partition coefficient (Wildman–Crippen LogP) is 1.17. The minimum Gasteiger partial charge on any atom is -0.386 e. The van der Waals surface area contributed by atoms with Crippen molar-refractivity contribution in [2.24, 2.45) is 5.41 Å². The van der Waals surface area contributed by atoms with Crippen LogP contribution in [0.1, 0.15) is 34.6 Å². The molecule has 0 aliphatic carbocycles. The summed E-state index contributed by atoms with van der Waals surface area (Å²) >= 11 is 0. The highest BCUT2D eigenvalue weighted by molar-refractivity contribution is 5.17. The van der Waals surface area contributed by atoms with Crippen molar-refractivity contribution < 1.29 is 10.2 Å². The molecule has 0 aromatic heterocycles. The molecule has 0 aliphatic rings. The Morgan fingerprint density at radius 3 is 1.42 bits per heavy atom. The average molecular weight is 170 g/mol. The highest BCUT2D eigenvalue weighted by Crippen LogP contribution is 2.38. The van der Waals surface area contributed by atoms with Crippen LogP contribution in [0.2, 0.25) is 0 Å². The van der Waals surface area contributed by atoms with Crippen LogP contribution in [0.5, 0.6) is 0 Å². The van der Waals surface area contributed by atoms with Gasteiger partial charge in [-0.25, -0.2) is 0 Å². The molecule has 0 saturated carbocycles. The molecule has 0 rings (SSSR count). The highest BCUT2D eigenvalue weighted by Gasteiger charge is 2.48. The lowest BCUT2D eigenvalue weighted by molar-refractivity contribution is -0.155. The van der Waals surface area contributed by atoms with Gasteiger partial charge in [0.15, 0.2) is 5.60 Å². The standard InChI is InChI=1S/C10H18O2/c1-7-9(5,11)10(6,12)8(2,3)4/h1,11-12H,2-6H3. The Hall–Kier alpha value is -0.520. The second kappa shape index (κ2) is 2.76. The molecule has 2 atom stereocenters. The summed E-state index contributed by atoms with van der Waals surface area (Å²) in [5.74, 6) is 2.19. The maximum absolute atomic E-state index is 9.99. The van der Waals surface area contributed by atoms with E-state index in [1.165, 1.54) is 6.92 Å². The van der Waals surface area contributed by atoms with Gasteiger partial charge in [0.1, 0.15) is 5.60 Å². The summed E-state index contributed by atoms with van der Waals surface area (Å²) in [4.78, 5) is 0. The van der Waals surface area contributed by atoms with Crippen molar-refractivity contribution in [1.29, 1.82) is 0 Å². The molecular formula is C10H18O2. The molecule has 2 nitrogen and oxygen atoms in total. The molecule has 2 N–H and O–H groups in total. The number of hydrogen-bond donors (Lipinski definition) is 2. The van der Waals surface area contributed by atoms with E-state index in [1.54, 1.807) is 6.92 Å². The average Bonchev–Trinajstić information content (AvgIpc) is 1.85. The minimum atomic E-state index is -1.49. The zero-order valence-corrected chi connectivity index (χ0v) is 8.47. The Morgan fingerprint density at radius 2 is 1.33 bits per heavy atom. The first kappa shape index (κ1) is 11.5. The van der Waals surface area contributed by atoms with Crippen molar-refractivity contribution in [3.05, 3.63) is 0 Å². The molecule has 0 saturated heterocycles.